The highest BCUT2D eigenvalue weighted by molar-refractivity contribution is 6.08. The molecule has 0 saturated heterocycles. The van der Waals surface area contributed by atoms with Gasteiger partial charge in [0.2, 0.25) is 0 Å². The van der Waals surface area contributed by atoms with Gasteiger partial charge < -0.3 is 19.7 Å². The number of methoxy groups -OCH3 is 1. The van der Waals surface area contributed by atoms with Crippen molar-refractivity contribution < 1.29 is 14.6 Å². The van der Waals surface area contributed by atoms with Gasteiger partial charge in [-0.25, -0.2) is 0 Å². The third-order valence-corrected chi connectivity index (χ3v) is 5.84. The maximum atomic E-state index is 13.3. The van der Waals surface area contributed by atoms with Crippen LogP contribution in [0, 0.1) is 12.8 Å². The van der Waals surface area contributed by atoms with E-state index < -0.39 is 0 Å². The molecule has 1 aliphatic rings. The van der Waals surface area contributed by atoms with Crippen LogP contribution in [0.4, 0.5) is 0 Å². The highest BCUT2D eigenvalue weighted by Crippen LogP contribution is 2.38. The van der Waals surface area contributed by atoms with E-state index in [0.717, 1.165) is 28.0 Å². The summed E-state index contributed by atoms with van der Waals surface area (Å²) in [6.45, 7) is 1.95. The number of aliphatic hydroxyl groups is 1. The van der Waals surface area contributed by atoms with Crippen LogP contribution in [0.1, 0.15) is 40.6 Å². The Kier molecular flexibility index (Phi) is 4.81. The molecule has 28 heavy (non-hydrogen) atoms. The molecular formula is C22H25N3O3. The van der Waals surface area contributed by atoms with E-state index in [9.17, 15) is 9.90 Å². The fourth-order valence-corrected chi connectivity index (χ4v) is 4.07. The predicted octanol–water partition coefficient (Wildman–Crippen LogP) is 3.13. The molecule has 1 amide bonds. The van der Waals surface area contributed by atoms with Crippen LogP contribution in [-0.2, 0) is 7.05 Å². The van der Waals surface area contributed by atoms with E-state index in [1.165, 1.54) is 0 Å². The van der Waals surface area contributed by atoms with Crippen LogP contribution in [0.3, 0.4) is 0 Å². The number of hydrogen-bond donors (Lipinski definition) is 2. The van der Waals surface area contributed by atoms with Crippen molar-refractivity contribution >= 4 is 16.8 Å². The van der Waals surface area contributed by atoms with E-state index in [1.807, 2.05) is 54.9 Å². The zero-order valence-electron chi connectivity index (χ0n) is 16.3. The summed E-state index contributed by atoms with van der Waals surface area (Å²) in [6, 6.07) is 11.3. The van der Waals surface area contributed by atoms with Gasteiger partial charge in [0.1, 0.15) is 5.75 Å². The predicted molar refractivity (Wildman–Crippen MR) is 107 cm³/mol. The van der Waals surface area contributed by atoms with Crippen LogP contribution in [0.15, 0.2) is 42.6 Å². The second-order valence-electron chi connectivity index (χ2n) is 7.49. The molecule has 0 spiro atoms. The van der Waals surface area contributed by atoms with Gasteiger partial charge in [-0.3, -0.25) is 9.78 Å². The molecule has 2 aromatic heterocycles. The number of rotatable bonds is 5. The highest BCUT2D eigenvalue weighted by Gasteiger charge is 2.37. The molecule has 6 nitrogen and oxygen atoms in total. The van der Waals surface area contributed by atoms with Crippen molar-refractivity contribution in [3.8, 4) is 5.75 Å². The standard InChI is InChI=1S/C22H25N3O3/c1-13-20(17-12-16(28-3)7-8-19(17)25(13)2)22(27)24-21(14-10-15(26)11-14)18-6-4-5-9-23-18/h4-9,12,14-15,21,26H,10-11H2,1-3H3,(H,24,27)/t14?,15?,21-/m0/s1. The number of aliphatic hydroxyl groups excluding tert-OH is 1. The van der Waals surface area contributed by atoms with Crippen molar-refractivity contribution in [2.75, 3.05) is 7.11 Å². The van der Waals surface area contributed by atoms with E-state index in [4.69, 9.17) is 4.74 Å². The summed E-state index contributed by atoms with van der Waals surface area (Å²) in [5.41, 5.74) is 3.35. The van der Waals surface area contributed by atoms with E-state index in [-0.39, 0.29) is 24.0 Å². The lowest BCUT2D eigenvalue weighted by Crippen LogP contribution is -2.41. The Bertz CT molecular complexity index is 1010. The van der Waals surface area contributed by atoms with Gasteiger partial charge in [-0.1, -0.05) is 6.07 Å². The lowest BCUT2D eigenvalue weighted by Gasteiger charge is -2.37. The van der Waals surface area contributed by atoms with Crippen molar-refractivity contribution in [3.63, 3.8) is 0 Å². The number of aryl methyl sites for hydroxylation is 1. The Hall–Kier alpha value is -2.86. The first-order valence-electron chi connectivity index (χ1n) is 9.52. The minimum Gasteiger partial charge on any atom is -0.497 e. The largest absolute Gasteiger partial charge is 0.497 e. The van der Waals surface area contributed by atoms with Crippen molar-refractivity contribution in [2.45, 2.75) is 31.9 Å². The molecule has 6 heteroatoms. The van der Waals surface area contributed by atoms with Crippen LogP contribution in [-0.4, -0.2) is 33.8 Å². The first-order valence-corrected chi connectivity index (χ1v) is 9.52. The van der Waals surface area contributed by atoms with Crippen LogP contribution in [0.25, 0.3) is 10.9 Å². The Labute approximate surface area is 164 Å². The number of nitrogens with zero attached hydrogens (tertiary/aromatic N) is 2. The van der Waals surface area contributed by atoms with E-state index >= 15 is 0 Å². The number of benzene rings is 1. The van der Waals surface area contributed by atoms with Crippen molar-refractivity contribution in [2.24, 2.45) is 13.0 Å². The average Bonchev–Trinajstić information content (AvgIpc) is 2.94. The van der Waals surface area contributed by atoms with E-state index in [2.05, 4.69) is 10.3 Å². The monoisotopic (exact) mass is 379 g/mol. The van der Waals surface area contributed by atoms with Gasteiger partial charge in [0, 0.05) is 29.8 Å². The Morgan fingerprint density at radius 1 is 1.32 bits per heavy atom. The fraction of sp³-hybridized carbons (Fsp3) is 0.364. The van der Waals surface area contributed by atoms with Gasteiger partial charge >= 0.3 is 0 Å². The molecule has 0 unspecified atom stereocenters. The summed E-state index contributed by atoms with van der Waals surface area (Å²) in [7, 11) is 3.58. The van der Waals surface area contributed by atoms with Crippen LogP contribution >= 0.6 is 0 Å². The van der Waals surface area contributed by atoms with Gasteiger partial charge in [0.15, 0.2) is 0 Å². The second-order valence-corrected chi connectivity index (χ2v) is 7.49. The van der Waals surface area contributed by atoms with E-state index in [0.29, 0.717) is 18.4 Å². The maximum Gasteiger partial charge on any atom is 0.254 e. The molecule has 1 aromatic carbocycles. The zero-order chi connectivity index (χ0) is 19.8. The maximum absolute atomic E-state index is 13.3. The number of fused-ring (bicyclic) bond motifs is 1. The first kappa shape index (κ1) is 18.5. The molecule has 4 rings (SSSR count). The number of amides is 1. The number of nitrogens with one attached hydrogen (secondary N) is 1. The number of aromatic nitrogens is 2. The van der Waals surface area contributed by atoms with Gasteiger partial charge in [0.25, 0.3) is 5.91 Å². The van der Waals surface area contributed by atoms with Gasteiger partial charge in [-0.15, -0.1) is 0 Å². The molecule has 2 heterocycles. The van der Waals surface area contributed by atoms with Crippen molar-refractivity contribution in [1.29, 1.82) is 0 Å². The lowest BCUT2D eigenvalue weighted by molar-refractivity contribution is 0.0228. The topological polar surface area (TPSA) is 76.4 Å². The molecule has 0 aliphatic heterocycles. The number of pyridine rings is 1. The molecule has 1 fully saturated rings. The summed E-state index contributed by atoms with van der Waals surface area (Å²) in [5, 5.41) is 13.8. The molecule has 0 bridgehead atoms. The normalized spacial score (nSPS) is 19.9. The minimum atomic E-state index is -0.295. The molecule has 0 radical (unpaired) electrons. The van der Waals surface area contributed by atoms with Crippen LogP contribution in [0.2, 0.25) is 0 Å². The molecule has 1 atom stereocenters. The molecular weight excluding hydrogens is 354 g/mol. The Morgan fingerprint density at radius 3 is 2.75 bits per heavy atom. The minimum absolute atomic E-state index is 0.131. The second kappa shape index (κ2) is 7.28. The summed E-state index contributed by atoms with van der Waals surface area (Å²) < 4.78 is 7.37. The number of hydrogen-bond acceptors (Lipinski definition) is 4. The van der Waals surface area contributed by atoms with Crippen LogP contribution < -0.4 is 10.1 Å². The third-order valence-electron chi connectivity index (χ3n) is 5.84. The van der Waals surface area contributed by atoms with Gasteiger partial charge in [0.05, 0.1) is 30.5 Å². The summed E-state index contributed by atoms with van der Waals surface area (Å²) >= 11 is 0. The molecule has 2 N–H and O–H groups in total. The van der Waals surface area contributed by atoms with Gasteiger partial charge in [-0.2, -0.15) is 0 Å². The third kappa shape index (κ3) is 3.14. The van der Waals surface area contributed by atoms with Crippen LogP contribution in [0.5, 0.6) is 5.75 Å². The van der Waals surface area contributed by atoms with Gasteiger partial charge in [-0.05, 0) is 56.0 Å². The number of carbonyl (C=O) groups excluding carboxylic acids is 1. The summed E-state index contributed by atoms with van der Waals surface area (Å²) in [6.07, 6.45) is 2.78. The Morgan fingerprint density at radius 2 is 2.11 bits per heavy atom. The first-order chi connectivity index (χ1) is 13.5. The summed E-state index contributed by atoms with van der Waals surface area (Å²) in [4.78, 5) is 17.8. The number of carbonyl (C=O) groups is 1. The van der Waals surface area contributed by atoms with E-state index in [1.54, 1.807) is 13.3 Å². The smallest absolute Gasteiger partial charge is 0.254 e. The SMILES string of the molecule is COc1ccc2c(c1)c(C(=O)N[C@H](c1ccccn1)C1CC(O)C1)c(C)n2C. The lowest BCUT2D eigenvalue weighted by atomic mass is 9.76. The molecule has 1 aliphatic carbocycles. The Balaban J connectivity index is 1.71. The summed E-state index contributed by atoms with van der Waals surface area (Å²) in [5.74, 6) is 0.766. The zero-order valence-corrected chi connectivity index (χ0v) is 16.3. The van der Waals surface area contributed by atoms with Crippen molar-refractivity contribution in [3.05, 3.63) is 59.5 Å². The molecule has 3 aromatic rings. The molecule has 146 valence electrons. The molecule has 1 saturated carbocycles. The fourth-order valence-electron chi connectivity index (χ4n) is 4.07. The average molecular weight is 379 g/mol. The highest BCUT2D eigenvalue weighted by atomic mass is 16.5. The number of ether oxygens (including phenoxy) is 1. The quantitative estimate of drug-likeness (QED) is 0.714. The van der Waals surface area contributed by atoms with Crippen molar-refractivity contribution in [1.82, 2.24) is 14.9 Å².